The fourth-order valence-electron chi connectivity index (χ4n) is 4.54. The molecular weight excluding hydrogens is 425 g/mol. The van der Waals surface area contributed by atoms with E-state index in [-0.39, 0.29) is 29.5 Å². The van der Waals surface area contributed by atoms with Crippen LogP contribution in [0.1, 0.15) is 51.9 Å². The molecule has 0 aromatic rings. The topological polar surface area (TPSA) is 42.9 Å². The highest BCUT2D eigenvalue weighted by Crippen LogP contribution is 2.32. The summed E-state index contributed by atoms with van der Waals surface area (Å²) < 4.78 is 0. The standard InChI is InChI=1S/C19H37N5.HI/c1-15-12-24(16-8-9-16)13-17(15)22-18(20-2)21-14-19(23(3)4)10-6-5-7-11-19;/h15-17H,5-14H2,1-4H3,(H2,20,21,22);1H. The molecule has 0 spiro atoms. The van der Waals surface area contributed by atoms with Gasteiger partial charge in [0.15, 0.2) is 5.96 Å². The highest BCUT2D eigenvalue weighted by atomic mass is 127. The van der Waals surface area contributed by atoms with Crippen molar-refractivity contribution in [3.8, 4) is 0 Å². The van der Waals surface area contributed by atoms with Crippen molar-refractivity contribution in [2.45, 2.75) is 69.5 Å². The molecular formula is C19H38IN5. The summed E-state index contributed by atoms with van der Waals surface area (Å²) in [5.74, 6) is 1.68. The Morgan fingerprint density at radius 3 is 2.40 bits per heavy atom. The summed E-state index contributed by atoms with van der Waals surface area (Å²) in [6.45, 7) is 5.77. The number of likely N-dealkylation sites (N-methyl/N-ethyl adjacent to an activating group) is 1. The van der Waals surface area contributed by atoms with E-state index in [0.29, 0.717) is 12.0 Å². The van der Waals surface area contributed by atoms with Crippen LogP contribution in [0.3, 0.4) is 0 Å². The third-order valence-corrected chi connectivity index (χ3v) is 6.57. The van der Waals surface area contributed by atoms with E-state index in [1.54, 1.807) is 0 Å². The maximum absolute atomic E-state index is 4.50. The minimum absolute atomic E-state index is 0. The van der Waals surface area contributed by atoms with E-state index in [1.165, 1.54) is 58.0 Å². The van der Waals surface area contributed by atoms with Gasteiger partial charge in [-0.15, -0.1) is 24.0 Å². The smallest absolute Gasteiger partial charge is 0.191 e. The molecule has 0 radical (unpaired) electrons. The molecule has 2 unspecified atom stereocenters. The van der Waals surface area contributed by atoms with E-state index in [0.717, 1.165) is 18.5 Å². The molecule has 146 valence electrons. The van der Waals surface area contributed by atoms with Crippen LogP contribution in [0.25, 0.3) is 0 Å². The Morgan fingerprint density at radius 2 is 1.84 bits per heavy atom. The summed E-state index contributed by atoms with van der Waals surface area (Å²) in [7, 11) is 6.36. The zero-order valence-corrected chi connectivity index (χ0v) is 18.9. The summed E-state index contributed by atoms with van der Waals surface area (Å²) >= 11 is 0. The van der Waals surface area contributed by atoms with Gasteiger partial charge < -0.3 is 15.5 Å². The molecule has 2 N–H and O–H groups in total. The molecule has 0 bridgehead atoms. The van der Waals surface area contributed by atoms with Gasteiger partial charge in [-0.25, -0.2) is 0 Å². The van der Waals surface area contributed by atoms with Crippen LogP contribution in [0, 0.1) is 5.92 Å². The predicted octanol–water partition coefficient (Wildman–Crippen LogP) is 2.52. The SMILES string of the molecule is CN=C(NCC1(N(C)C)CCCCC1)NC1CN(C2CC2)CC1C.I. The number of hydrogen-bond donors (Lipinski definition) is 2. The van der Waals surface area contributed by atoms with Crippen molar-refractivity contribution in [1.29, 1.82) is 0 Å². The Morgan fingerprint density at radius 1 is 1.16 bits per heavy atom. The number of guanidine groups is 1. The summed E-state index contributed by atoms with van der Waals surface area (Å²) in [5.41, 5.74) is 0.289. The number of aliphatic imine (C=N–C) groups is 1. The third-order valence-electron chi connectivity index (χ3n) is 6.57. The molecule has 2 aliphatic carbocycles. The van der Waals surface area contributed by atoms with Gasteiger partial charge in [-0.1, -0.05) is 26.2 Å². The number of likely N-dealkylation sites (tertiary alicyclic amines) is 1. The van der Waals surface area contributed by atoms with Crippen LogP contribution in [0.4, 0.5) is 0 Å². The first kappa shape index (κ1) is 21.2. The maximum atomic E-state index is 4.50. The number of halogens is 1. The second kappa shape index (κ2) is 9.22. The summed E-state index contributed by atoms with van der Waals surface area (Å²) in [5, 5.41) is 7.35. The van der Waals surface area contributed by atoms with Gasteiger partial charge in [-0.05, 0) is 45.7 Å². The Hall–Kier alpha value is -0.0800. The van der Waals surface area contributed by atoms with E-state index >= 15 is 0 Å². The van der Waals surface area contributed by atoms with Gasteiger partial charge >= 0.3 is 0 Å². The van der Waals surface area contributed by atoms with E-state index in [9.17, 15) is 0 Å². The van der Waals surface area contributed by atoms with E-state index in [2.05, 4.69) is 46.4 Å². The van der Waals surface area contributed by atoms with Crippen molar-refractivity contribution in [2.75, 3.05) is 40.8 Å². The van der Waals surface area contributed by atoms with E-state index in [4.69, 9.17) is 0 Å². The van der Waals surface area contributed by atoms with Crippen molar-refractivity contribution >= 4 is 29.9 Å². The molecule has 0 amide bonds. The maximum Gasteiger partial charge on any atom is 0.191 e. The zero-order valence-electron chi connectivity index (χ0n) is 16.6. The van der Waals surface area contributed by atoms with Gasteiger partial charge in [0.2, 0.25) is 0 Å². The van der Waals surface area contributed by atoms with Gasteiger partial charge in [0, 0.05) is 44.3 Å². The predicted molar refractivity (Wildman–Crippen MR) is 117 cm³/mol. The average Bonchev–Trinajstić information content (AvgIpc) is 3.36. The molecule has 1 heterocycles. The van der Waals surface area contributed by atoms with E-state index < -0.39 is 0 Å². The second-order valence-electron chi connectivity index (χ2n) is 8.52. The molecule has 1 aliphatic heterocycles. The van der Waals surface area contributed by atoms with Crippen molar-refractivity contribution in [3.05, 3.63) is 0 Å². The Labute approximate surface area is 171 Å². The van der Waals surface area contributed by atoms with Crippen LogP contribution in [0.15, 0.2) is 4.99 Å². The molecule has 2 atom stereocenters. The normalized spacial score (nSPS) is 30.2. The van der Waals surface area contributed by atoms with Gasteiger partial charge in [-0.2, -0.15) is 0 Å². The Balaban J connectivity index is 0.00000225. The van der Waals surface area contributed by atoms with Crippen LogP contribution in [-0.2, 0) is 0 Å². The highest BCUT2D eigenvalue weighted by Gasteiger charge is 2.39. The van der Waals surface area contributed by atoms with Crippen LogP contribution >= 0.6 is 24.0 Å². The van der Waals surface area contributed by atoms with Gasteiger partial charge in [0.1, 0.15) is 0 Å². The number of nitrogens with zero attached hydrogens (tertiary/aromatic N) is 3. The summed E-state index contributed by atoms with van der Waals surface area (Å²) in [6, 6.07) is 1.40. The summed E-state index contributed by atoms with van der Waals surface area (Å²) in [4.78, 5) is 9.60. The third kappa shape index (κ3) is 5.22. The monoisotopic (exact) mass is 463 g/mol. The lowest BCUT2D eigenvalue weighted by molar-refractivity contribution is 0.104. The number of hydrogen-bond acceptors (Lipinski definition) is 3. The minimum atomic E-state index is 0. The van der Waals surface area contributed by atoms with Gasteiger partial charge in [0.25, 0.3) is 0 Å². The van der Waals surface area contributed by atoms with Crippen molar-refractivity contribution < 1.29 is 0 Å². The number of nitrogens with one attached hydrogen (secondary N) is 2. The molecule has 2 saturated carbocycles. The van der Waals surface area contributed by atoms with Crippen molar-refractivity contribution in [1.82, 2.24) is 20.4 Å². The molecule has 3 fully saturated rings. The van der Waals surface area contributed by atoms with Crippen LogP contribution in [-0.4, -0.2) is 74.2 Å². The average molecular weight is 463 g/mol. The number of rotatable bonds is 5. The molecule has 0 aromatic heterocycles. The van der Waals surface area contributed by atoms with Crippen molar-refractivity contribution in [2.24, 2.45) is 10.9 Å². The first-order chi connectivity index (χ1) is 11.5. The molecule has 25 heavy (non-hydrogen) atoms. The zero-order chi connectivity index (χ0) is 17.2. The first-order valence-corrected chi connectivity index (χ1v) is 9.93. The molecule has 6 heteroatoms. The van der Waals surface area contributed by atoms with Crippen LogP contribution in [0.5, 0.6) is 0 Å². The lowest BCUT2D eigenvalue weighted by Gasteiger charge is -2.43. The second-order valence-corrected chi connectivity index (χ2v) is 8.52. The Kier molecular flexibility index (Phi) is 7.83. The lowest BCUT2D eigenvalue weighted by atomic mass is 9.80. The molecule has 3 rings (SSSR count). The lowest BCUT2D eigenvalue weighted by Crippen LogP contribution is -2.56. The van der Waals surface area contributed by atoms with Crippen LogP contribution in [0.2, 0.25) is 0 Å². The van der Waals surface area contributed by atoms with Crippen molar-refractivity contribution in [3.63, 3.8) is 0 Å². The molecule has 0 aromatic carbocycles. The first-order valence-electron chi connectivity index (χ1n) is 9.93. The molecule has 1 saturated heterocycles. The minimum Gasteiger partial charge on any atom is -0.355 e. The summed E-state index contributed by atoms with van der Waals surface area (Å²) in [6.07, 6.45) is 9.47. The quantitative estimate of drug-likeness (QED) is 0.374. The van der Waals surface area contributed by atoms with Crippen LogP contribution < -0.4 is 10.6 Å². The van der Waals surface area contributed by atoms with E-state index in [1.807, 2.05) is 7.05 Å². The largest absolute Gasteiger partial charge is 0.355 e. The van der Waals surface area contributed by atoms with Gasteiger partial charge in [0.05, 0.1) is 0 Å². The fraction of sp³-hybridized carbons (Fsp3) is 0.947. The molecule has 5 nitrogen and oxygen atoms in total. The molecule has 3 aliphatic rings. The van der Waals surface area contributed by atoms with Gasteiger partial charge in [-0.3, -0.25) is 9.89 Å². The highest BCUT2D eigenvalue weighted by molar-refractivity contribution is 14.0. The Bertz CT molecular complexity index is 443. The fourth-order valence-corrected chi connectivity index (χ4v) is 4.54.